The van der Waals surface area contributed by atoms with Gasteiger partial charge >= 0.3 is 0 Å². The molecule has 0 aliphatic carbocycles. The van der Waals surface area contributed by atoms with Crippen molar-refractivity contribution in [3.63, 3.8) is 0 Å². The van der Waals surface area contributed by atoms with E-state index in [4.69, 9.17) is 9.47 Å². The molecule has 0 radical (unpaired) electrons. The standard InChI is InChI=1S/C23H26FNO5S2/c1-4-9-25(10-12-29-19-6-7-21(16(2)14-19)30-13-11-26)32(27,28)23-17(3)20-15-18(24)5-8-22(20)31-23/h5-8,11,14-15H,4,9-10,12-13H2,1-3H3. The number of sulfonamides is 1. The molecule has 0 fully saturated rings. The fourth-order valence-corrected chi connectivity index (χ4v) is 6.80. The molecule has 9 heteroatoms. The van der Waals surface area contributed by atoms with Crippen LogP contribution in [0.1, 0.15) is 24.5 Å². The zero-order valence-electron chi connectivity index (χ0n) is 18.3. The molecule has 3 aromatic rings. The van der Waals surface area contributed by atoms with Gasteiger partial charge < -0.3 is 9.47 Å². The molecule has 0 spiro atoms. The molecule has 1 heterocycles. The van der Waals surface area contributed by atoms with Gasteiger partial charge in [0.1, 0.15) is 34.7 Å². The minimum Gasteiger partial charge on any atom is -0.492 e. The summed E-state index contributed by atoms with van der Waals surface area (Å²) in [5, 5.41) is 0.619. The second-order valence-corrected chi connectivity index (χ2v) is 10.5. The Bertz CT molecular complexity index is 1210. The predicted octanol–water partition coefficient (Wildman–Crippen LogP) is 4.71. The average Bonchev–Trinajstić information content (AvgIpc) is 3.09. The lowest BCUT2D eigenvalue weighted by atomic mass is 10.2. The van der Waals surface area contributed by atoms with Gasteiger partial charge in [-0.25, -0.2) is 12.8 Å². The van der Waals surface area contributed by atoms with E-state index in [-0.39, 0.29) is 29.8 Å². The number of hydrogen-bond acceptors (Lipinski definition) is 6. The number of fused-ring (bicyclic) bond motifs is 1. The first-order valence-electron chi connectivity index (χ1n) is 10.3. The van der Waals surface area contributed by atoms with E-state index in [0.29, 0.717) is 41.7 Å². The summed E-state index contributed by atoms with van der Waals surface area (Å²) in [6.45, 7) is 6.15. The van der Waals surface area contributed by atoms with Crippen molar-refractivity contribution < 1.29 is 27.1 Å². The van der Waals surface area contributed by atoms with Crippen LogP contribution in [0.5, 0.6) is 11.5 Å². The lowest BCUT2D eigenvalue weighted by molar-refractivity contribution is -0.109. The summed E-state index contributed by atoms with van der Waals surface area (Å²) in [5.41, 5.74) is 1.38. The lowest BCUT2D eigenvalue weighted by Crippen LogP contribution is -2.35. The predicted molar refractivity (Wildman–Crippen MR) is 124 cm³/mol. The average molecular weight is 480 g/mol. The fourth-order valence-electron chi connectivity index (χ4n) is 3.40. The second kappa shape index (κ2) is 10.4. The zero-order chi connectivity index (χ0) is 23.3. The number of halogens is 1. The van der Waals surface area contributed by atoms with Gasteiger partial charge in [-0.2, -0.15) is 4.31 Å². The molecular formula is C23H26FNO5S2. The van der Waals surface area contributed by atoms with E-state index in [2.05, 4.69) is 0 Å². The minimum atomic E-state index is -3.75. The summed E-state index contributed by atoms with van der Waals surface area (Å²) in [5.74, 6) is 0.790. The Kier molecular flexibility index (Phi) is 7.86. The van der Waals surface area contributed by atoms with Crippen LogP contribution in [0.4, 0.5) is 4.39 Å². The van der Waals surface area contributed by atoms with Crippen LogP contribution in [0.15, 0.2) is 40.6 Å². The molecular weight excluding hydrogens is 453 g/mol. The van der Waals surface area contributed by atoms with Gasteiger partial charge in [-0.3, -0.25) is 4.79 Å². The minimum absolute atomic E-state index is 0.0192. The van der Waals surface area contributed by atoms with E-state index in [1.54, 1.807) is 31.2 Å². The molecule has 32 heavy (non-hydrogen) atoms. The van der Waals surface area contributed by atoms with Gasteiger partial charge in [0, 0.05) is 17.8 Å². The molecule has 0 amide bonds. The molecule has 0 aliphatic rings. The van der Waals surface area contributed by atoms with Crippen LogP contribution in [-0.2, 0) is 14.8 Å². The van der Waals surface area contributed by atoms with E-state index in [1.165, 1.54) is 16.4 Å². The van der Waals surface area contributed by atoms with E-state index < -0.39 is 10.0 Å². The van der Waals surface area contributed by atoms with Crippen molar-refractivity contribution in [2.75, 3.05) is 26.3 Å². The number of nitrogens with zero attached hydrogens (tertiary/aromatic N) is 1. The van der Waals surface area contributed by atoms with Crippen molar-refractivity contribution in [3.05, 3.63) is 53.3 Å². The Morgan fingerprint density at radius 2 is 1.88 bits per heavy atom. The Balaban J connectivity index is 1.74. The smallest absolute Gasteiger partial charge is 0.252 e. The summed E-state index contributed by atoms with van der Waals surface area (Å²) in [4.78, 5) is 10.5. The highest BCUT2D eigenvalue weighted by Gasteiger charge is 2.28. The van der Waals surface area contributed by atoms with Crippen molar-refractivity contribution in [1.82, 2.24) is 4.31 Å². The third kappa shape index (κ3) is 5.28. The Labute approximate surface area is 191 Å². The summed E-state index contributed by atoms with van der Waals surface area (Å²) >= 11 is 1.16. The SMILES string of the molecule is CCCN(CCOc1ccc(OCC=O)c(C)c1)S(=O)(=O)c1sc2ccc(F)cc2c1C. The summed E-state index contributed by atoms with van der Waals surface area (Å²) < 4.78 is 53.9. The maximum absolute atomic E-state index is 13.6. The highest BCUT2D eigenvalue weighted by Crippen LogP contribution is 2.36. The van der Waals surface area contributed by atoms with Gasteiger partial charge in [0.15, 0.2) is 6.29 Å². The maximum atomic E-state index is 13.6. The van der Waals surface area contributed by atoms with Crippen molar-refractivity contribution in [3.8, 4) is 11.5 Å². The first-order chi connectivity index (χ1) is 15.3. The third-order valence-corrected chi connectivity index (χ3v) is 8.73. The Hall–Kier alpha value is -2.49. The maximum Gasteiger partial charge on any atom is 0.252 e. The quantitative estimate of drug-likeness (QED) is 0.372. The van der Waals surface area contributed by atoms with Crippen LogP contribution in [0, 0.1) is 19.7 Å². The number of carbonyl (C=O) groups is 1. The van der Waals surface area contributed by atoms with E-state index in [0.717, 1.165) is 21.6 Å². The molecule has 0 unspecified atom stereocenters. The van der Waals surface area contributed by atoms with Crippen molar-refractivity contribution >= 4 is 37.7 Å². The molecule has 1 aromatic heterocycles. The number of ether oxygens (including phenoxy) is 2. The molecule has 172 valence electrons. The van der Waals surface area contributed by atoms with Gasteiger partial charge in [-0.15, -0.1) is 11.3 Å². The normalized spacial score (nSPS) is 11.8. The fraction of sp³-hybridized carbons (Fsp3) is 0.348. The summed E-state index contributed by atoms with van der Waals surface area (Å²) in [6.07, 6.45) is 1.33. The molecule has 0 aliphatic heterocycles. The number of benzene rings is 2. The molecule has 0 saturated heterocycles. The molecule has 3 rings (SSSR count). The zero-order valence-corrected chi connectivity index (χ0v) is 19.9. The molecule has 0 N–H and O–H groups in total. The highest BCUT2D eigenvalue weighted by atomic mass is 32.2. The number of aryl methyl sites for hydroxylation is 2. The van der Waals surface area contributed by atoms with Gasteiger partial charge in [-0.1, -0.05) is 6.92 Å². The van der Waals surface area contributed by atoms with E-state index >= 15 is 0 Å². The van der Waals surface area contributed by atoms with Gasteiger partial charge in [0.25, 0.3) is 10.0 Å². The van der Waals surface area contributed by atoms with E-state index in [1.807, 2.05) is 13.8 Å². The van der Waals surface area contributed by atoms with Crippen LogP contribution in [0.3, 0.4) is 0 Å². The van der Waals surface area contributed by atoms with E-state index in [9.17, 15) is 17.6 Å². The first-order valence-corrected chi connectivity index (χ1v) is 12.5. The molecule has 0 atom stereocenters. The number of hydrogen-bond donors (Lipinski definition) is 0. The summed E-state index contributed by atoms with van der Waals surface area (Å²) in [6, 6.07) is 9.54. The largest absolute Gasteiger partial charge is 0.492 e. The highest BCUT2D eigenvalue weighted by molar-refractivity contribution is 7.91. The molecule has 0 bridgehead atoms. The second-order valence-electron chi connectivity index (χ2n) is 7.31. The van der Waals surface area contributed by atoms with Gasteiger partial charge in [0.05, 0.1) is 0 Å². The Morgan fingerprint density at radius 1 is 1.09 bits per heavy atom. The lowest BCUT2D eigenvalue weighted by Gasteiger charge is -2.21. The first kappa shape index (κ1) is 24.2. The van der Waals surface area contributed by atoms with Crippen molar-refractivity contribution in [2.45, 2.75) is 31.4 Å². The number of aldehydes is 1. The third-order valence-electron chi connectivity index (χ3n) is 4.96. The van der Waals surface area contributed by atoms with Crippen LogP contribution in [0.25, 0.3) is 10.1 Å². The van der Waals surface area contributed by atoms with Crippen LogP contribution in [0.2, 0.25) is 0 Å². The van der Waals surface area contributed by atoms with Crippen molar-refractivity contribution in [2.24, 2.45) is 0 Å². The monoisotopic (exact) mass is 479 g/mol. The number of thiophene rings is 1. The molecule has 0 saturated carbocycles. The van der Waals surface area contributed by atoms with Crippen molar-refractivity contribution in [1.29, 1.82) is 0 Å². The van der Waals surface area contributed by atoms with Gasteiger partial charge in [0.2, 0.25) is 0 Å². The molecule has 6 nitrogen and oxygen atoms in total. The number of rotatable bonds is 11. The molecule has 2 aromatic carbocycles. The topological polar surface area (TPSA) is 72.9 Å². The summed E-state index contributed by atoms with van der Waals surface area (Å²) in [7, 11) is -3.75. The van der Waals surface area contributed by atoms with Crippen LogP contribution in [-0.4, -0.2) is 45.3 Å². The number of carbonyl (C=O) groups excluding carboxylic acids is 1. The van der Waals surface area contributed by atoms with Gasteiger partial charge in [-0.05, 0) is 73.2 Å². The van der Waals surface area contributed by atoms with Crippen LogP contribution < -0.4 is 9.47 Å². The van der Waals surface area contributed by atoms with Crippen LogP contribution >= 0.6 is 11.3 Å². The Morgan fingerprint density at radius 3 is 2.56 bits per heavy atom.